The molecule has 2 aromatic rings. The first kappa shape index (κ1) is 19.9. The number of benzene rings is 2. The molecule has 2 aromatic carbocycles. The molecule has 1 unspecified atom stereocenters. The van der Waals surface area contributed by atoms with Crippen molar-refractivity contribution in [1.82, 2.24) is 10.9 Å². The third-order valence-corrected chi connectivity index (χ3v) is 4.27. The van der Waals surface area contributed by atoms with Crippen molar-refractivity contribution >= 4 is 27.7 Å². The van der Waals surface area contributed by atoms with Crippen molar-refractivity contribution in [1.29, 1.82) is 0 Å². The van der Waals surface area contributed by atoms with Crippen molar-refractivity contribution in [2.24, 2.45) is 0 Å². The van der Waals surface area contributed by atoms with Crippen molar-refractivity contribution < 1.29 is 19.2 Å². The van der Waals surface area contributed by atoms with Gasteiger partial charge in [-0.05, 0) is 36.8 Å². The standard InChI is InChI=1S/C19H22BrN3O3/c1-14-5-3-4-6-15(14)11-23(2)12-18(24)21-22-19(25)13-26-17-9-7-16(20)8-10-17/h3-10H,11-13H2,1-2H3,(H,21,24)(H,22,25)/p+1. The summed E-state index contributed by atoms with van der Waals surface area (Å²) in [6.07, 6.45) is 0. The van der Waals surface area contributed by atoms with Gasteiger partial charge in [0.2, 0.25) is 0 Å². The van der Waals surface area contributed by atoms with E-state index < -0.39 is 5.91 Å². The molecule has 138 valence electrons. The Hall–Kier alpha value is -2.38. The Morgan fingerprint density at radius 1 is 1.04 bits per heavy atom. The molecule has 0 fully saturated rings. The Bertz CT molecular complexity index is 750. The number of aryl methyl sites for hydroxylation is 1. The molecule has 0 aromatic heterocycles. The van der Waals surface area contributed by atoms with E-state index in [1.807, 2.05) is 44.3 Å². The molecule has 0 saturated carbocycles. The first-order valence-electron chi connectivity index (χ1n) is 8.26. The van der Waals surface area contributed by atoms with E-state index in [1.54, 1.807) is 12.1 Å². The lowest BCUT2D eigenvalue weighted by molar-refractivity contribution is -0.885. The maximum atomic E-state index is 12.0. The third kappa shape index (κ3) is 6.85. The Morgan fingerprint density at radius 3 is 2.38 bits per heavy atom. The lowest BCUT2D eigenvalue weighted by Gasteiger charge is -2.15. The molecule has 0 heterocycles. The van der Waals surface area contributed by atoms with Crippen LogP contribution in [0.3, 0.4) is 0 Å². The second-order valence-corrected chi connectivity index (χ2v) is 6.99. The molecule has 1 atom stereocenters. The highest BCUT2D eigenvalue weighted by molar-refractivity contribution is 9.10. The van der Waals surface area contributed by atoms with E-state index in [9.17, 15) is 9.59 Å². The summed E-state index contributed by atoms with van der Waals surface area (Å²) in [6.45, 7) is 2.87. The fourth-order valence-electron chi connectivity index (χ4n) is 2.37. The number of likely N-dealkylation sites (N-methyl/N-ethyl adjacent to an activating group) is 1. The van der Waals surface area contributed by atoms with Gasteiger partial charge >= 0.3 is 0 Å². The number of carbonyl (C=O) groups is 2. The fraction of sp³-hybridized carbons (Fsp3) is 0.263. The van der Waals surface area contributed by atoms with Crippen molar-refractivity contribution in [3.05, 3.63) is 64.1 Å². The van der Waals surface area contributed by atoms with Crippen LogP contribution in [0.4, 0.5) is 0 Å². The van der Waals surface area contributed by atoms with Crippen LogP contribution < -0.4 is 20.5 Å². The van der Waals surface area contributed by atoms with E-state index >= 15 is 0 Å². The second kappa shape index (κ2) is 9.94. The number of nitrogens with one attached hydrogen (secondary N) is 3. The predicted octanol–water partition coefficient (Wildman–Crippen LogP) is 0.999. The van der Waals surface area contributed by atoms with Gasteiger partial charge in [-0.25, -0.2) is 0 Å². The molecule has 2 amide bonds. The monoisotopic (exact) mass is 420 g/mol. The van der Waals surface area contributed by atoms with Crippen LogP contribution >= 0.6 is 15.9 Å². The largest absolute Gasteiger partial charge is 0.484 e. The summed E-state index contributed by atoms with van der Waals surface area (Å²) in [4.78, 5) is 24.7. The van der Waals surface area contributed by atoms with Crippen LogP contribution in [0, 0.1) is 6.92 Å². The second-order valence-electron chi connectivity index (χ2n) is 6.08. The quantitative estimate of drug-likeness (QED) is 0.585. The zero-order chi connectivity index (χ0) is 18.9. The van der Waals surface area contributed by atoms with Crippen LogP contribution in [0.2, 0.25) is 0 Å². The zero-order valence-electron chi connectivity index (χ0n) is 14.8. The fourth-order valence-corrected chi connectivity index (χ4v) is 2.63. The molecule has 3 N–H and O–H groups in total. The number of carbonyl (C=O) groups excluding carboxylic acids is 2. The summed E-state index contributed by atoms with van der Waals surface area (Å²) in [5.74, 6) is -0.0945. The minimum Gasteiger partial charge on any atom is -0.484 e. The third-order valence-electron chi connectivity index (χ3n) is 3.74. The molecule has 0 spiro atoms. The van der Waals surface area contributed by atoms with Gasteiger partial charge in [0.05, 0.1) is 7.05 Å². The van der Waals surface area contributed by atoms with E-state index in [4.69, 9.17) is 4.74 Å². The van der Waals surface area contributed by atoms with Crippen LogP contribution in [-0.2, 0) is 16.1 Å². The average Bonchev–Trinajstić information content (AvgIpc) is 2.61. The van der Waals surface area contributed by atoms with Gasteiger partial charge in [0.15, 0.2) is 13.2 Å². The average molecular weight is 421 g/mol. The molecule has 6 nitrogen and oxygen atoms in total. The lowest BCUT2D eigenvalue weighted by Crippen LogP contribution is -3.09. The first-order valence-corrected chi connectivity index (χ1v) is 9.05. The Labute approximate surface area is 161 Å². The summed E-state index contributed by atoms with van der Waals surface area (Å²) in [7, 11) is 1.94. The van der Waals surface area contributed by atoms with Crippen LogP contribution in [0.15, 0.2) is 53.0 Å². The normalized spacial score (nSPS) is 11.5. The van der Waals surface area contributed by atoms with Gasteiger partial charge < -0.3 is 9.64 Å². The molecule has 26 heavy (non-hydrogen) atoms. The summed E-state index contributed by atoms with van der Waals surface area (Å²) >= 11 is 3.33. The van der Waals surface area contributed by atoms with Crippen LogP contribution in [0.1, 0.15) is 11.1 Å². The maximum Gasteiger partial charge on any atom is 0.293 e. The highest BCUT2D eigenvalue weighted by atomic mass is 79.9. The predicted molar refractivity (Wildman–Crippen MR) is 103 cm³/mol. The van der Waals surface area contributed by atoms with E-state index in [0.717, 1.165) is 15.9 Å². The lowest BCUT2D eigenvalue weighted by atomic mass is 10.1. The maximum absolute atomic E-state index is 12.0. The van der Waals surface area contributed by atoms with Crippen LogP contribution in [-0.4, -0.2) is 32.0 Å². The highest BCUT2D eigenvalue weighted by Gasteiger charge is 2.12. The summed E-state index contributed by atoms with van der Waals surface area (Å²) < 4.78 is 6.27. The van der Waals surface area contributed by atoms with Gasteiger partial charge in [-0.15, -0.1) is 0 Å². The van der Waals surface area contributed by atoms with Crippen LogP contribution in [0.5, 0.6) is 5.75 Å². The smallest absolute Gasteiger partial charge is 0.293 e. The van der Waals surface area contributed by atoms with E-state index in [0.29, 0.717) is 5.75 Å². The number of hydrogen-bond donors (Lipinski definition) is 3. The summed E-state index contributed by atoms with van der Waals surface area (Å²) in [5, 5.41) is 0. The Balaban J connectivity index is 1.68. The topological polar surface area (TPSA) is 71.9 Å². The molecular weight excluding hydrogens is 398 g/mol. The number of rotatable bonds is 7. The van der Waals surface area contributed by atoms with Gasteiger partial charge in [0.1, 0.15) is 12.3 Å². The molecule has 0 bridgehead atoms. The number of hydrazine groups is 1. The molecule has 0 aliphatic carbocycles. The van der Waals surface area contributed by atoms with E-state index in [1.165, 1.54) is 11.1 Å². The SMILES string of the molecule is Cc1ccccc1C[NH+](C)CC(=O)NNC(=O)COc1ccc(Br)cc1. The zero-order valence-corrected chi connectivity index (χ0v) is 16.4. The Morgan fingerprint density at radius 2 is 1.69 bits per heavy atom. The molecule has 2 rings (SSSR count). The van der Waals surface area contributed by atoms with Gasteiger partial charge in [0.25, 0.3) is 11.8 Å². The Kier molecular flexibility index (Phi) is 7.62. The molecule has 0 radical (unpaired) electrons. The first-order chi connectivity index (χ1) is 12.4. The molecule has 0 saturated heterocycles. The van der Waals surface area contributed by atoms with E-state index in [2.05, 4.69) is 32.8 Å². The number of amides is 2. The molecule has 0 aliphatic rings. The number of quaternary nitrogens is 1. The summed E-state index contributed by atoms with van der Waals surface area (Å²) in [6, 6.07) is 15.2. The molecule has 0 aliphatic heterocycles. The molecular formula is C19H23BrN3O3+. The van der Waals surface area contributed by atoms with Gasteiger partial charge in [-0.2, -0.15) is 0 Å². The highest BCUT2D eigenvalue weighted by Crippen LogP contribution is 2.15. The van der Waals surface area contributed by atoms with Crippen molar-refractivity contribution in [3.63, 3.8) is 0 Å². The van der Waals surface area contributed by atoms with Crippen molar-refractivity contribution in [3.8, 4) is 5.75 Å². The number of ether oxygens (including phenoxy) is 1. The number of halogens is 1. The van der Waals surface area contributed by atoms with Gasteiger partial charge in [-0.1, -0.05) is 40.2 Å². The van der Waals surface area contributed by atoms with Crippen molar-refractivity contribution in [2.75, 3.05) is 20.2 Å². The van der Waals surface area contributed by atoms with E-state index in [-0.39, 0.29) is 19.1 Å². The van der Waals surface area contributed by atoms with Crippen molar-refractivity contribution in [2.45, 2.75) is 13.5 Å². The minimum absolute atomic E-state index is 0.173. The van der Waals surface area contributed by atoms with Gasteiger partial charge in [-0.3, -0.25) is 20.4 Å². The van der Waals surface area contributed by atoms with Gasteiger partial charge in [0, 0.05) is 10.0 Å². The number of hydrogen-bond acceptors (Lipinski definition) is 3. The van der Waals surface area contributed by atoms with Crippen LogP contribution in [0.25, 0.3) is 0 Å². The minimum atomic E-state index is -0.419. The summed E-state index contributed by atoms with van der Waals surface area (Å²) in [5.41, 5.74) is 7.17. The molecule has 7 heteroatoms.